The van der Waals surface area contributed by atoms with Crippen molar-refractivity contribution in [1.29, 1.82) is 0 Å². The second kappa shape index (κ2) is 8.81. The second-order valence-electron chi connectivity index (χ2n) is 6.42. The standard InChI is InChI=1S/C18H21N3O6S/c1-12(2)18(13-6-4-3-5-7-13)20-17(22)11-27-16-9-8-14(28(19,25)26)10-15(16)21(23)24/h3-10,12,18H,11H2,1-2H3,(H,20,22)(H2,19,25,26). The summed E-state index contributed by atoms with van der Waals surface area (Å²) >= 11 is 0. The lowest BCUT2D eigenvalue weighted by Crippen LogP contribution is -2.35. The molecule has 0 bridgehead atoms. The fraction of sp³-hybridized carbons (Fsp3) is 0.278. The number of ether oxygens (including phenoxy) is 1. The third-order valence-corrected chi connectivity index (χ3v) is 4.87. The zero-order valence-electron chi connectivity index (χ0n) is 15.4. The van der Waals surface area contributed by atoms with E-state index in [1.165, 1.54) is 0 Å². The number of rotatable bonds is 8. The minimum Gasteiger partial charge on any atom is -0.477 e. The average Bonchev–Trinajstić information content (AvgIpc) is 2.63. The lowest BCUT2D eigenvalue weighted by molar-refractivity contribution is -0.386. The van der Waals surface area contributed by atoms with Crippen LogP contribution in [-0.4, -0.2) is 25.9 Å². The molecule has 0 saturated carbocycles. The molecule has 10 heteroatoms. The van der Waals surface area contributed by atoms with Crippen molar-refractivity contribution in [3.63, 3.8) is 0 Å². The number of primary sulfonamides is 1. The van der Waals surface area contributed by atoms with Crippen molar-refractivity contribution >= 4 is 21.6 Å². The van der Waals surface area contributed by atoms with Gasteiger partial charge in [-0.15, -0.1) is 0 Å². The van der Waals surface area contributed by atoms with E-state index in [9.17, 15) is 23.3 Å². The Hall–Kier alpha value is -2.98. The van der Waals surface area contributed by atoms with Crippen LogP contribution in [-0.2, 0) is 14.8 Å². The molecule has 2 rings (SSSR count). The molecule has 0 radical (unpaired) electrons. The van der Waals surface area contributed by atoms with Gasteiger partial charge in [-0.2, -0.15) is 0 Å². The highest BCUT2D eigenvalue weighted by Gasteiger charge is 2.22. The van der Waals surface area contributed by atoms with Gasteiger partial charge < -0.3 is 10.1 Å². The van der Waals surface area contributed by atoms with E-state index in [4.69, 9.17) is 9.88 Å². The van der Waals surface area contributed by atoms with Gasteiger partial charge in [-0.05, 0) is 23.6 Å². The number of nitro groups is 1. The highest BCUT2D eigenvalue weighted by Crippen LogP contribution is 2.29. The molecule has 9 nitrogen and oxygen atoms in total. The van der Waals surface area contributed by atoms with Crippen LogP contribution in [0.4, 0.5) is 5.69 Å². The fourth-order valence-electron chi connectivity index (χ4n) is 2.59. The van der Waals surface area contributed by atoms with Gasteiger partial charge in [0.15, 0.2) is 12.4 Å². The molecular weight excluding hydrogens is 386 g/mol. The van der Waals surface area contributed by atoms with E-state index in [1.54, 1.807) is 0 Å². The summed E-state index contributed by atoms with van der Waals surface area (Å²) in [6.07, 6.45) is 0. The molecule has 0 aliphatic carbocycles. The zero-order chi connectivity index (χ0) is 20.9. The third-order valence-electron chi connectivity index (χ3n) is 3.96. The van der Waals surface area contributed by atoms with Crippen LogP contribution in [0.1, 0.15) is 25.5 Å². The van der Waals surface area contributed by atoms with Gasteiger partial charge in [0.1, 0.15) is 0 Å². The molecule has 0 aromatic heterocycles. The molecule has 0 aliphatic heterocycles. The normalized spacial score (nSPS) is 12.4. The molecule has 0 aliphatic rings. The minimum atomic E-state index is -4.10. The molecule has 2 aromatic carbocycles. The van der Waals surface area contributed by atoms with E-state index < -0.39 is 38.0 Å². The molecule has 0 spiro atoms. The first-order chi connectivity index (χ1) is 13.1. The third kappa shape index (κ3) is 5.51. The number of carbonyl (C=O) groups is 1. The number of nitrogens with zero attached hydrogens (tertiary/aromatic N) is 1. The van der Waals surface area contributed by atoms with Crippen molar-refractivity contribution in [2.45, 2.75) is 24.8 Å². The van der Waals surface area contributed by atoms with Gasteiger partial charge in [0, 0.05) is 6.07 Å². The van der Waals surface area contributed by atoms with Gasteiger partial charge in [0.25, 0.3) is 5.91 Å². The largest absolute Gasteiger partial charge is 0.477 e. The number of hydrogen-bond acceptors (Lipinski definition) is 6. The maximum Gasteiger partial charge on any atom is 0.312 e. The van der Waals surface area contributed by atoms with Crippen LogP contribution >= 0.6 is 0 Å². The Bertz CT molecular complexity index is 961. The Balaban J connectivity index is 2.12. The van der Waals surface area contributed by atoms with Gasteiger partial charge in [0.05, 0.1) is 15.9 Å². The molecule has 1 atom stereocenters. The summed E-state index contributed by atoms with van der Waals surface area (Å²) in [7, 11) is -4.10. The van der Waals surface area contributed by atoms with Gasteiger partial charge in [-0.25, -0.2) is 13.6 Å². The smallest absolute Gasteiger partial charge is 0.312 e. The van der Waals surface area contributed by atoms with Gasteiger partial charge in [0.2, 0.25) is 10.0 Å². The van der Waals surface area contributed by atoms with E-state index in [-0.39, 0.29) is 17.7 Å². The van der Waals surface area contributed by atoms with E-state index in [0.717, 1.165) is 23.8 Å². The van der Waals surface area contributed by atoms with Crippen LogP contribution in [0.3, 0.4) is 0 Å². The van der Waals surface area contributed by atoms with Crippen molar-refractivity contribution in [2.24, 2.45) is 11.1 Å². The zero-order valence-corrected chi connectivity index (χ0v) is 16.2. The number of benzene rings is 2. The van der Waals surface area contributed by atoms with Crippen molar-refractivity contribution in [3.8, 4) is 5.75 Å². The van der Waals surface area contributed by atoms with Crippen LogP contribution in [0.5, 0.6) is 5.75 Å². The van der Waals surface area contributed by atoms with Crippen molar-refractivity contribution in [3.05, 3.63) is 64.2 Å². The Morgan fingerprint density at radius 2 is 1.86 bits per heavy atom. The number of carbonyl (C=O) groups excluding carboxylic acids is 1. The Kier molecular flexibility index (Phi) is 6.71. The number of nitro benzene ring substituents is 1. The van der Waals surface area contributed by atoms with E-state index in [1.807, 2.05) is 44.2 Å². The quantitative estimate of drug-likeness (QED) is 0.507. The molecule has 150 valence electrons. The summed E-state index contributed by atoms with van der Waals surface area (Å²) in [5.41, 5.74) is 0.331. The SMILES string of the molecule is CC(C)C(NC(=O)COc1ccc(S(N)(=O)=O)cc1[N+](=O)[O-])c1ccccc1. The average molecular weight is 407 g/mol. The topological polar surface area (TPSA) is 142 Å². The second-order valence-corrected chi connectivity index (χ2v) is 7.98. The molecule has 0 fully saturated rings. The Morgan fingerprint density at radius 1 is 1.21 bits per heavy atom. The van der Waals surface area contributed by atoms with Gasteiger partial charge in [-0.3, -0.25) is 14.9 Å². The van der Waals surface area contributed by atoms with Crippen LogP contribution in [0.2, 0.25) is 0 Å². The van der Waals surface area contributed by atoms with Crippen LogP contribution < -0.4 is 15.2 Å². The molecule has 1 amide bonds. The first-order valence-corrected chi connectivity index (χ1v) is 9.92. The van der Waals surface area contributed by atoms with E-state index in [2.05, 4.69) is 5.32 Å². The first kappa shape index (κ1) is 21.3. The monoisotopic (exact) mass is 407 g/mol. The molecular formula is C18H21N3O6S. The summed E-state index contributed by atoms with van der Waals surface area (Å²) in [5, 5.41) is 19.0. The predicted octanol–water partition coefficient (Wildman–Crippen LogP) is 2.13. The lowest BCUT2D eigenvalue weighted by atomic mass is 9.96. The highest BCUT2D eigenvalue weighted by atomic mass is 32.2. The first-order valence-electron chi connectivity index (χ1n) is 8.38. The summed E-state index contributed by atoms with van der Waals surface area (Å²) in [4.78, 5) is 22.3. The molecule has 0 heterocycles. The van der Waals surface area contributed by atoms with E-state index >= 15 is 0 Å². The van der Waals surface area contributed by atoms with Crippen LogP contribution in [0, 0.1) is 16.0 Å². The highest BCUT2D eigenvalue weighted by molar-refractivity contribution is 7.89. The maximum atomic E-state index is 12.3. The Labute approximate surface area is 162 Å². The number of sulfonamides is 1. The molecule has 1 unspecified atom stereocenters. The maximum absolute atomic E-state index is 12.3. The summed E-state index contributed by atoms with van der Waals surface area (Å²) in [6, 6.07) is 12.1. The van der Waals surface area contributed by atoms with Crippen molar-refractivity contribution < 1.29 is 22.9 Å². The Morgan fingerprint density at radius 3 is 2.39 bits per heavy atom. The number of amides is 1. The predicted molar refractivity (Wildman–Crippen MR) is 102 cm³/mol. The summed E-state index contributed by atoms with van der Waals surface area (Å²) < 4.78 is 28.0. The molecule has 0 saturated heterocycles. The number of nitrogens with one attached hydrogen (secondary N) is 1. The molecule has 2 aromatic rings. The summed E-state index contributed by atoms with van der Waals surface area (Å²) in [6.45, 7) is 3.44. The minimum absolute atomic E-state index is 0.106. The van der Waals surface area contributed by atoms with Crippen LogP contribution in [0.25, 0.3) is 0 Å². The van der Waals surface area contributed by atoms with Crippen LogP contribution in [0.15, 0.2) is 53.4 Å². The van der Waals surface area contributed by atoms with Crippen molar-refractivity contribution in [2.75, 3.05) is 6.61 Å². The number of nitrogens with two attached hydrogens (primary N) is 1. The fourth-order valence-corrected chi connectivity index (χ4v) is 3.13. The summed E-state index contributed by atoms with van der Waals surface area (Å²) in [5.74, 6) is -0.588. The number of hydrogen-bond donors (Lipinski definition) is 2. The van der Waals surface area contributed by atoms with Gasteiger partial charge in [-0.1, -0.05) is 44.2 Å². The molecule has 3 N–H and O–H groups in total. The van der Waals surface area contributed by atoms with Crippen molar-refractivity contribution in [1.82, 2.24) is 5.32 Å². The van der Waals surface area contributed by atoms with Gasteiger partial charge >= 0.3 is 5.69 Å². The lowest BCUT2D eigenvalue weighted by Gasteiger charge is -2.23. The van der Waals surface area contributed by atoms with E-state index in [0.29, 0.717) is 0 Å². The molecule has 28 heavy (non-hydrogen) atoms.